The molecule has 1 aliphatic heterocycles. The van der Waals surface area contributed by atoms with E-state index in [-0.39, 0.29) is 23.4 Å². The molecule has 0 aliphatic carbocycles. The Kier molecular flexibility index (Phi) is 7.89. The van der Waals surface area contributed by atoms with Gasteiger partial charge in [-0.15, -0.1) is 9.90 Å². The normalized spacial score (nSPS) is 19.8. The molecule has 40 heavy (non-hydrogen) atoms. The van der Waals surface area contributed by atoms with Gasteiger partial charge in [0.15, 0.2) is 17.9 Å². The average Bonchev–Trinajstić information content (AvgIpc) is 3.62. The van der Waals surface area contributed by atoms with Gasteiger partial charge in [-0.25, -0.2) is 14.4 Å². The molecule has 200 valence electrons. The predicted octanol–water partition coefficient (Wildman–Crippen LogP) is 3.36. The number of esters is 3. The van der Waals surface area contributed by atoms with Crippen LogP contribution in [-0.4, -0.2) is 57.8 Å². The molecule has 0 radical (unpaired) electrons. The summed E-state index contributed by atoms with van der Waals surface area (Å²) < 4.78 is 23.2. The molecule has 4 atom stereocenters. The summed E-state index contributed by atoms with van der Waals surface area (Å²) in [4.78, 5) is 39.9. The van der Waals surface area contributed by atoms with E-state index in [0.717, 1.165) is 4.80 Å². The highest BCUT2D eigenvalue weighted by atomic mass is 16.7. The molecule has 0 unspecified atom stereocenters. The molecule has 0 saturated carbocycles. The second-order valence-electron chi connectivity index (χ2n) is 8.66. The summed E-state index contributed by atoms with van der Waals surface area (Å²) in [5.41, 5.74) is 0.811. The summed E-state index contributed by atoms with van der Waals surface area (Å²) in [7, 11) is 0. The third-order valence-electron chi connectivity index (χ3n) is 6.03. The zero-order valence-corrected chi connectivity index (χ0v) is 20.9. The summed E-state index contributed by atoms with van der Waals surface area (Å²) in [5, 5.41) is 17.4. The Bertz CT molecular complexity index is 1520. The molecule has 11 heteroatoms. The van der Waals surface area contributed by atoms with Crippen LogP contribution in [0.4, 0.5) is 0 Å². The van der Waals surface area contributed by atoms with E-state index in [2.05, 4.69) is 10.2 Å². The quantitative estimate of drug-likeness (QED) is 0.242. The fraction of sp³-hybridized carbons (Fsp3) is 0.172. The Labute approximate surface area is 228 Å². The molecule has 1 saturated heterocycles. The number of nitriles is 1. The van der Waals surface area contributed by atoms with Crippen molar-refractivity contribution in [1.82, 2.24) is 15.0 Å². The van der Waals surface area contributed by atoms with Crippen LogP contribution in [0.25, 0.3) is 0 Å². The van der Waals surface area contributed by atoms with Crippen LogP contribution in [0.2, 0.25) is 0 Å². The van der Waals surface area contributed by atoms with Gasteiger partial charge in [-0.3, -0.25) is 0 Å². The van der Waals surface area contributed by atoms with Crippen molar-refractivity contribution in [3.05, 3.63) is 120 Å². The lowest BCUT2D eigenvalue weighted by atomic mass is 10.1. The van der Waals surface area contributed by atoms with Gasteiger partial charge in [0.05, 0.1) is 22.9 Å². The summed E-state index contributed by atoms with van der Waals surface area (Å²) in [6, 6.07) is 26.7. The number of nitrogens with zero attached hydrogens (tertiary/aromatic N) is 4. The van der Waals surface area contributed by atoms with Gasteiger partial charge >= 0.3 is 17.9 Å². The van der Waals surface area contributed by atoms with Crippen molar-refractivity contribution in [3.63, 3.8) is 0 Å². The molecule has 2 heterocycles. The molecule has 0 amide bonds. The van der Waals surface area contributed by atoms with Crippen molar-refractivity contribution in [3.8, 4) is 6.07 Å². The highest BCUT2D eigenvalue weighted by Crippen LogP contribution is 2.34. The first-order valence-electron chi connectivity index (χ1n) is 12.2. The standard InChI is InChI=1S/C29H22N4O7/c30-16-22-17-31-33(32-22)26-25(40-29(36)21-14-8-3-9-15-21)24(39-28(35)20-12-6-2-7-13-20)23(38-26)18-37-27(34)19-10-4-1-5-11-19/h1-15,17,23-26H,18H2/t23-,24-,25-,26-/m1/s1. The molecule has 4 aromatic rings. The molecule has 1 fully saturated rings. The van der Waals surface area contributed by atoms with Gasteiger partial charge in [-0.2, -0.15) is 10.4 Å². The minimum atomic E-state index is -1.26. The molecule has 1 aromatic heterocycles. The number of hydrogen-bond acceptors (Lipinski definition) is 10. The maximum atomic E-state index is 13.1. The Balaban J connectivity index is 1.46. The van der Waals surface area contributed by atoms with Crippen LogP contribution >= 0.6 is 0 Å². The SMILES string of the molecule is N#Cc1cnn([C@@H]2O[C@H](COC(=O)c3ccccc3)[C@@H](OC(=O)c3ccccc3)[C@H]2OC(=O)c2ccccc2)n1. The molecule has 1 aliphatic rings. The van der Waals surface area contributed by atoms with Crippen molar-refractivity contribution >= 4 is 17.9 Å². The van der Waals surface area contributed by atoms with Crippen LogP contribution < -0.4 is 0 Å². The first kappa shape index (κ1) is 26.3. The Morgan fingerprint density at radius 3 is 1.77 bits per heavy atom. The fourth-order valence-electron chi connectivity index (χ4n) is 4.09. The van der Waals surface area contributed by atoms with Crippen LogP contribution in [0.15, 0.2) is 97.2 Å². The molecule has 0 bridgehead atoms. The van der Waals surface area contributed by atoms with E-state index >= 15 is 0 Å². The maximum Gasteiger partial charge on any atom is 0.338 e. The number of carbonyl (C=O) groups excluding carboxylic acids is 3. The van der Waals surface area contributed by atoms with Gasteiger partial charge in [-0.05, 0) is 36.4 Å². The Morgan fingerprint density at radius 2 is 1.27 bits per heavy atom. The van der Waals surface area contributed by atoms with Gasteiger partial charge in [-0.1, -0.05) is 54.6 Å². The van der Waals surface area contributed by atoms with E-state index in [1.807, 2.05) is 6.07 Å². The van der Waals surface area contributed by atoms with Crippen LogP contribution in [-0.2, 0) is 18.9 Å². The van der Waals surface area contributed by atoms with Crippen molar-refractivity contribution in [2.75, 3.05) is 6.61 Å². The zero-order chi connectivity index (χ0) is 27.9. The molecule has 0 spiro atoms. The maximum absolute atomic E-state index is 13.1. The molecule has 5 rings (SSSR count). The van der Waals surface area contributed by atoms with Crippen molar-refractivity contribution < 1.29 is 33.3 Å². The monoisotopic (exact) mass is 538 g/mol. The lowest BCUT2D eigenvalue weighted by Crippen LogP contribution is -2.41. The van der Waals surface area contributed by atoms with Gasteiger partial charge in [0.25, 0.3) is 0 Å². The highest BCUT2D eigenvalue weighted by molar-refractivity contribution is 5.91. The molecule has 0 N–H and O–H groups in total. The van der Waals surface area contributed by atoms with Gasteiger partial charge in [0.1, 0.15) is 18.8 Å². The van der Waals surface area contributed by atoms with Crippen LogP contribution in [0, 0.1) is 11.3 Å². The minimum absolute atomic E-state index is 0.00600. The lowest BCUT2D eigenvalue weighted by molar-refractivity contribution is -0.0732. The molecular formula is C29H22N4O7. The third-order valence-corrected chi connectivity index (χ3v) is 6.03. The first-order chi connectivity index (χ1) is 19.5. The molecule has 3 aromatic carbocycles. The van der Waals surface area contributed by atoms with Crippen LogP contribution in [0.5, 0.6) is 0 Å². The summed E-state index contributed by atoms with van der Waals surface area (Å²) in [5.74, 6) is -2.04. The van der Waals surface area contributed by atoms with Crippen LogP contribution in [0.1, 0.15) is 43.0 Å². The van der Waals surface area contributed by atoms with Crippen molar-refractivity contribution in [1.29, 1.82) is 5.26 Å². The second kappa shape index (κ2) is 12.0. The van der Waals surface area contributed by atoms with Crippen molar-refractivity contribution in [2.45, 2.75) is 24.5 Å². The summed E-state index contributed by atoms with van der Waals surface area (Å²) in [6.07, 6.45) is -3.56. The number of carbonyl (C=O) groups is 3. The number of rotatable bonds is 8. The second-order valence-corrected chi connectivity index (χ2v) is 8.66. The van der Waals surface area contributed by atoms with Crippen LogP contribution in [0.3, 0.4) is 0 Å². The zero-order valence-electron chi connectivity index (χ0n) is 20.9. The summed E-state index contributed by atoms with van der Waals surface area (Å²) in [6.45, 7) is -0.345. The van der Waals surface area contributed by atoms with E-state index < -0.39 is 42.4 Å². The topological polar surface area (TPSA) is 143 Å². The number of aromatic nitrogens is 3. The Hall–Kier alpha value is -5.34. The summed E-state index contributed by atoms with van der Waals surface area (Å²) >= 11 is 0. The average molecular weight is 539 g/mol. The van der Waals surface area contributed by atoms with Gasteiger partial charge in [0.2, 0.25) is 6.23 Å². The fourth-order valence-corrected chi connectivity index (χ4v) is 4.09. The number of hydrogen-bond donors (Lipinski definition) is 0. The van der Waals surface area contributed by atoms with Gasteiger partial charge in [0, 0.05) is 0 Å². The Morgan fingerprint density at radius 1 is 0.775 bits per heavy atom. The van der Waals surface area contributed by atoms with E-state index in [1.165, 1.54) is 6.20 Å². The van der Waals surface area contributed by atoms with E-state index in [4.69, 9.17) is 18.9 Å². The lowest BCUT2D eigenvalue weighted by Gasteiger charge is -2.24. The van der Waals surface area contributed by atoms with Gasteiger partial charge < -0.3 is 18.9 Å². The molecular weight excluding hydrogens is 516 g/mol. The smallest absolute Gasteiger partial charge is 0.338 e. The largest absolute Gasteiger partial charge is 0.459 e. The van der Waals surface area contributed by atoms with E-state index in [9.17, 15) is 19.6 Å². The third kappa shape index (κ3) is 5.87. The minimum Gasteiger partial charge on any atom is -0.459 e. The first-order valence-corrected chi connectivity index (χ1v) is 12.2. The highest BCUT2D eigenvalue weighted by Gasteiger charge is 2.52. The number of ether oxygens (including phenoxy) is 4. The number of benzene rings is 3. The predicted molar refractivity (Wildman–Crippen MR) is 137 cm³/mol. The van der Waals surface area contributed by atoms with E-state index in [0.29, 0.717) is 5.56 Å². The van der Waals surface area contributed by atoms with Crippen molar-refractivity contribution in [2.24, 2.45) is 0 Å². The molecule has 11 nitrogen and oxygen atoms in total. The van der Waals surface area contributed by atoms with E-state index in [1.54, 1.807) is 91.0 Å².